The Balaban J connectivity index is 1.83. The van der Waals surface area contributed by atoms with Crippen LogP contribution in [-0.2, 0) is 6.42 Å². The lowest BCUT2D eigenvalue weighted by Crippen LogP contribution is -2.37. The fraction of sp³-hybridized carbons (Fsp3) is 0.188. The molecule has 0 bridgehead atoms. The molecule has 1 aliphatic heterocycles. The van der Waals surface area contributed by atoms with Crippen LogP contribution >= 0.6 is 11.6 Å². The van der Waals surface area contributed by atoms with Crippen molar-refractivity contribution < 1.29 is 5.11 Å². The lowest BCUT2D eigenvalue weighted by atomic mass is 9.88. The number of anilines is 1. The number of aryl methyl sites for hydroxylation is 1. The maximum Gasteiger partial charge on any atom is 0.150 e. The van der Waals surface area contributed by atoms with Crippen LogP contribution < -0.4 is 10.4 Å². The molecule has 2 aromatic rings. The van der Waals surface area contributed by atoms with Crippen LogP contribution in [0.5, 0.6) is 0 Å². The normalized spacial score (nSPS) is 20.5. The second-order valence-corrected chi connectivity index (χ2v) is 5.67. The van der Waals surface area contributed by atoms with Gasteiger partial charge in [0.15, 0.2) is 0 Å². The summed E-state index contributed by atoms with van der Waals surface area (Å²) < 4.78 is 0. The Morgan fingerprint density at radius 2 is 2.00 bits per heavy atom. The van der Waals surface area contributed by atoms with Crippen LogP contribution in [0.1, 0.15) is 17.5 Å². The molecule has 0 fully saturated rings. The minimum atomic E-state index is -0.701. The molecule has 0 amide bonds. The number of hydrogen-bond donors (Lipinski definition) is 2. The van der Waals surface area contributed by atoms with E-state index in [1.54, 1.807) is 12.4 Å². The van der Waals surface area contributed by atoms with E-state index in [4.69, 9.17) is 11.6 Å². The van der Waals surface area contributed by atoms with Gasteiger partial charge in [0.2, 0.25) is 0 Å². The number of pyridine rings is 1. The standard InChI is InChI=1S/C16H14ClN3O/c17-11-2-3-13-10(9-11)1-4-14-15(13)16(21)19-20(14)12-5-7-18-8-6-12/h2-3,5-9,16,19,21H,1,4H2. The molecular weight excluding hydrogens is 286 g/mol. The number of aromatic nitrogens is 1. The molecule has 4 rings (SSSR count). The summed E-state index contributed by atoms with van der Waals surface area (Å²) in [5.41, 5.74) is 8.44. The summed E-state index contributed by atoms with van der Waals surface area (Å²) in [6.07, 6.45) is 4.59. The van der Waals surface area contributed by atoms with Crippen LogP contribution in [0, 0.1) is 0 Å². The average Bonchev–Trinajstić information content (AvgIpc) is 2.85. The lowest BCUT2D eigenvalue weighted by Gasteiger charge is -2.24. The first-order valence-electron chi connectivity index (χ1n) is 6.90. The zero-order valence-corrected chi connectivity index (χ0v) is 12.0. The number of benzene rings is 1. The molecule has 4 nitrogen and oxygen atoms in total. The summed E-state index contributed by atoms with van der Waals surface area (Å²) in [5, 5.41) is 13.1. The number of aliphatic hydroxyl groups is 1. The van der Waals surface area contributed by atoms with Gasteiger partial charge in [-0.1, -0.05) is 17.7 Å². The molecule has 0 radical (unpaired) electrons. The van der Waals surface area contributed by atoms with Gasteiger partial charge in [-0.25, -0.2) is 0 Å². The van der Waals surface area contributed by atoms with E-state index in [-0.39, 0.29) is 0 Å². The molecule has 1 atom stereocenters. The van der Waals surface area contributed by atoms with Gasteiger partial charge in [-0.3, -0.25) is 9.99 Å². The molecule has 106 valence electrons. The number of nitrogens with one attached hydrogen (secondary N) is 1. The fourth-order valence-corrected chi connectivity index (χ4v) is 3.30. The smallest absolute Gasteiger partial charge is 0.150 e. The van der Waals surface area contributed by atoms with Gasteiger partial charge >= 0.3 is 0 Å². The molecule has 0 spiro atoms. The van der Waals surface area contributed by atoms with E-state index in [9.17, 15) is 5.11 Å². The lowest BCUT2D eigenvalue weighted by molar-refractivity contribution is 0.203. The number of fused-ring (bicyclic) bond motifs is 2. The highest BCUT2D eigenvalue weighted by atomic mass is 35.5. The van der Waals surface area contributed by atoms with Gasteiger partial charge in [0.05, 0.1) is 5.69 Å². The van der Waals surface area contributed by atoms with Crippen molar-refractivity contribution in [2.75, 3.05) is 5.01 Å². The highest BCUT2D eigenvalue weighted by Crippen LogP contribution is 2.40. The van der Waals surface area contributed by atoms with Crippen LogP contribution in [0.3, 0.4) is 0 Å². The number of nitrogens with zero attached hydrogens (tertiary/aromatic N) is 2. The van der Waals surface area contributed by atoms with E-state index in [1.807, 2.05) is 35.3 Å². The van der Waals surface area contributed by atoms with E-state index in [0.29, 0.717) is 0 Å². The Hall–Kier alpha value is -1.88. The molecule has 2 heterocycles. The van der Waals surface area contributed by atoms with Crippen LogP contribution in [-0.4, -0.2) is 16.3 Å². The zero-order valence-electron chi connectivity index (χ0n) is 11.3. The molecule has 0 saturated heterocycles. The molecule has 1 aromatic carbocycles. The summed E-state index contributed by atoms with van der Waals surface area (Å²) in [6, 6.07) is 9.70. The number of aliphatic hydroxyl groups excluding tert-OH is 1. The van der Waals surface area contributed by atoms with Crippen molar-refractivity contribution in [2.24, 2.45) is 0 Å². The number of rotatable bonds is 1. The van der Waals surface area contributed by atoms with E-state index < -0.39 is 6.23 Å². The van der Waals surface area contributed by atoms with Crippen LogP contribution in [0.25, 0.3) is 5.57 Å². The van der Waals surface area contributed by atoms with Crippen molar-refractivity contribution in [1.82, 2.24) is 10.4 Å². The number of allylic oxidation sites excluding steroid dienone is 1. The fourth-order valence-electron chi connectivity index (χ4n) is 3.10. The molecule has 1 aliphatic carbocycles. The average molecular weight is 300 g/mol. The van der Waals surface area contributed by atoms with Crippen LogP contribution in [0.4, 0.5) is 5.69 Å². The van der Waals surface area contributed by atoms with E-state index >= 15 is 0 Å². The zero-order chi connectivity index (χ0) is 14.4. The quantitative estimate of drug-likeness (QED) is 0.850. The van der Waals surface area contributed by atoms with E-state index in [0.717, 1.165) is 40.4 Å². The third kappa shape index (κ3) is 2.03. The highest BCUT2D eigenvalue weighted by molar-refractivity contribution is 6.30. The molecule has 2 N–H and O–H groups in total. The highest BCUT2D eigenvalue weighted by Gasteiger charge is 2.34. The molecule has 21 heavy (non-hydrogen) atoms. The third-order valence-corrected chi connectivity index (χ3v) is 4.25. The molecule has 1 unspecified atom stereocenters. The van der Waals surface area contributed by atoms with Gasteiger partial charge in [0, 0.05) is 28.7 Å². The summed E-state index contributed by atoms with van der Waals surface area (Å²) in [6.45, 7) is 0. The van der Waals surface area contributed by atoms with Crippen molar-refractivity contribution in [3.05, 3.63) is 64.6 Å². The number of hydrazine groups is 1. The van der Waals surface area contributed by atoms with Gasteiger partial charge in [0.1, 0.15) is 6.23 Å². The maximum absolute atomic E-state index is 10.4. The second-order valence-electron chi connectivity index (χ2n) is 5.23. The molecule has 5 heteroatoms. The van der Waals surface area contributed by atoms with Crippen molar-refractivity contribution in [3.8, 4) is 0 Å². The molecule has 2 aliphatic rings. The van der Waals surface area contributed by atoms with Gasteiger partial charge in [-0.2, -0.15) is 5.43 Å². The minimum Gasteiger partial charge on any atom is -0.373 e. The number of hydrogen-bond acceptors (Lipinski definition) is 4. The van der Waals surface area contributed by atoms with Crippen molar-refractivity contribution >= 4 is 22.9 Å². The third-order valence-electron chi connectivity index (χ3n) is 4.02. The topological polar surface area (TPSA) is 48.4 Å². The van der Waals surface area contributed by atoms with Crippen LogP contribution in [0.15, 0.2) is 48.4 Å². The van der Waals surface area contributed by atoms with Crippen molar-refractivity contribution in [3.63, 3.8) is 0 Å². The monoisotopic (exact) mass is 299 g/mol. The first-order valence-corrected chi connectivity index (χ1v) is 7.28. The van der Waals surface area contributed by atoms with Crippen molar-refractivity contribution in [2.45, 2.75) is 19.1 Å². The van der Waals surface area contributed by atoms with E-state index in [1.165, 1.54) is 5.56 Å². The summed E-state index contributed by atoms with van der Waals surface area (Å²) in [4.78, 5) is 4.04. The largest absolute Gasteiger partial charge is 0.373 e. The Morgan fingerprint density at radius 1 is 1.19 bits per heavy atom. The summed E-state index contributed by atoms with van der Waals surface area (Å²) in [5.74, 6) is 0. The van der Waals surface area contributed by atoms with Gasteiger partial charge < -0.3 is 5.11 Å². The van der Waals surface area contributed by atoms with Gasteiger partial charge in [-0.05, 0) is 48.2 Å². The minimum absolute atomic E-state index is 0.701. The van der Waals surface area contributed by atoms with Crippen molar-refractivity contribution in [1.29, 1.82) is 0 Å². The van der Waals surface area contributed by atoms with Gasteiger partial charge in [-0.15, -0.1) is 0 Å². The first kappa shape index (κ1) is 12.8. The number of halogens is 1. The summed E-state index contributed by atoms with van der Waals surface area (Å²) in [7, 11) is 0. The van der Waals surface area contributed by atoms with Crippen LogP contribution in [0.2, 0.25) is 5.02 Å². The van der Waals surface area contributed by atoms with Gasteiger partial charge in [0.25, 0.3) is 0 Å². The Morgan fingerprint density at radius 3 is 2.81 bits per heavy atom. The molecule has 1 aromatic heterocycles. The molecular formula is C16H14ClN3O. The Labute approximate surface area is 127 Å². The SMILES string of the molecule is OC1NN(c2ccncc2)C2=C1c1ccc(Cl)cc1CC2. The molecule has 0 saturated carbocycles. The maximum atomic E-state index is 10.4. The second kappa shape index (κ2) is 4.84. The predicted molar refractivity (Wildman–Crippen MR) is 82.6 cm³/mol. The Kier molecular flexibility index (Phi) is 2.96. The predicted octanol–water partition coefficient (Wildman–Crippen LogP) is 2.74. The first-order chi connectivity index (χ1) is 10.2. The Bertz CT molecular complexity index is 730. The van der Waals surface area contributed by atoms with E-state index in [2.05, 4.69) is 10.4 Å². The summed E-state index contributed by atoms with van der Waals surface area (Å²) >= 11 is 6.07.